The zero-order valence-corrected chi connectivity index (χ0v) is 12.8. The van der Waals surface area contributed by atoms with Crippen molar-refractivity contribution < 1.29 is 9.18 Å². The monoisotopic (exact) mass is 306 g/mol. The Balaban J connectivity index is 1.89. The highest BCUT2D eigenvalue weighted by molar-refractivity contribution is 7.10. The van der Waals surface area contributed by atoms with Gasteiger partial charge in [0.05, 0.1) is 12.2 Å². The molecule has 2 N–H and O–H groups in total. The van der Waals surface area contributed by atoms with Crippen molar-refractivity contribution in [1.82, 2.24) is 5.32 Å². The Morgan fingerprint density at radius 1 is 1.29 bits per heavy atom. The topological polar surface area (TPSA) is 41.1 Å². The van der Waals surface area contributed by atoms with Crippen LogP contribution in [-0.4, -0.2) is 12.5 Å². The number of carbonyl (C=O) groups is 1. The SMILES string of the molecule is CCCC(NCC(=O)Nc1ccccc1F)c1cccs1. The first-order valence-corrected chi connectivity index (χ1v) is 7.90. The molecule has 0 aliphatic carbocycles. The predicted molar refractivity (Wildman–Crippen MR) is 85.0 cm³/mol. The maximum absolute atomic E-state index is 13.5. The van der Waals surface area contributed by atoms with Crippen LogP contribution in [-0.2, 0) is 4.79 Å². The first-order valence-electron chi connectivity index (χ1n) is 7.02. The van der Waals surface area contributed by atoms with Crippen LogP contribution in [0.15, 0.2) is 41.8 Å². The maximum Gasteiger partial charge on any atom is 0.238 e. The number of amides is 1. The molecule has 0 radical (unpaired) electrons. The van der Waals surface area contributed by atoms with E-state index in [0.717, 1.165) is 12.8 Å². The molecule has 0 bridgehead atoms. The number of halogens is 1. The average molecular weight is 306 g/mol. The molecule has 1 aromatic heterocycles. The quantitative estimate of drug-likeness (QED) is 0.813. The van der Waals surface area contributed by atoms with Crippen molar-refractivity contribution in [2.24, 2.45) is 0 Å². The lowest BCUT2D eigenvalue weighted by Gasteiger charge is -2.16. The van der Waals surface area contributed by atoms with Crippen molar-refractivity contribution in [3.8, 4) is 0 Å². The number of thiophene rings is 1. The molecule has 1 atom stereocenters. The summed E-state index contributed by atoms with van der Waals surface area (Å²) in [5.74, 6) is -0.660. The predicted octanol–water partition coefficient (Wildman–Crippen LogP) is 3.96. The lowest BCUT2D eigenvalue weighted by atomic mass is 10.1. The van der Waals surface area contributed by atoms with E-state index in [9.17, 15) is 9.18 Å². The summed E-state index contributed by atoms with van der Waals surface area (Å²) in [6, 6.07) is 10.4. The normalized spacial score (nSPS) is 12.1. The molecule has 1 aromatic carbocycles. The summed E-state index contributed by atoms with van der Waals surface area (Å²) < 4.78 is 13.5. The summed E-state index contributed by atoms with van der Waals surface area (Å²) >= 11 is 1.67. The smallest absolute Gasteiger partial charge is 0.238 e. The van der Waals surface area contributed by atoms with E-state index in [0.29, 0.717) is 0 Å². The summed E-state index contributed by atoms with van der Waals surface area (Å²) in [6.45, 7) is 2.28. The lowest BCUT2D eigenvalue weighted by Crippen LogP contribution is -2.31. The van der Waals surface area contributed by atoms with Crippen LogP contribution in [0, 0.1) is 5.82 Å². The zero-order chi connectivity index (χ0) is 15.1. The van der Waals surface area contributed by atoms with Gasteiger partial charge in [-0.2, -0.15) is 0 Å². The molecule has 0 aliphatic rings. The molecule has 3 nitrogen and oxygen atoms in total. The molecule has 21 heavy (non-hydrogen) atoms. The summed E-state index contributed by atoms with van der Waals surface area (Å²) in [5.41, 5.74) is 0.215. The van der Waals surface area contributed by atoms with E-state index in [4.69, 9.17) is 0 Å². The van der Waals surface area contributed by atoms with Gasteiger partial charge in [-0.05, 0) is 30.0 Å². The molecular weight excluding hydrogens is 287 g/mol. The summed E-state index contributed by atoms with van der Waals surface area (Å²) in [6.07, 6.45) is 2.00. The second-order valence-corrected chi connectivity index (χ2v) is 5.74. The van der Waals surface area contributed by atoms with Crippen molar-refractivity contribution >= 4 is 22.9 Å². The van der Waals surface area contributed by atoms with Gasteiger partial charge in [-0.1, -0.05) is 31.5 Å². The highest BCUT2D eigenvalue weighted by Gasteiger charge is 2.13. The van der Waals surface area contributed by atoms with Crippen molar-refractivity contribution in [3.63, 3.8) is 0 Å². The highest BCUT2D eigenvalue weighted by Crippen LogP contribution is 2.23. The van der Waals surface area contributed by atoms with E-state index in [1.54, 1.807) is 29.5 Å². The largest absolute Gasteiger partial charge is 0.322 e. The first kappa shape index (κ1) is 15.7. The van der Waals surface area contributed by atoms with Crippen molar-refractivity contribution in [1.29, 1.82) is 0 Å². The minimum atomic E-state index is -0.422. The van der Waals surface area contributed by atoms with Crippen molar-refractivity contribution in [3.05, 3.63) is 52.5 Å². The third-order valence-corrected chi connectivity index (χ3v) is 4.11. The Morgan fingerprint density at radius 2 is 2.10 bits per heavy atom. The Hall–Kier alpha value is -1.72. The van der Waals surface area contributed by atoms with E-state index >= 15 is 0 Å². The molecule has 0 fully saturated rings. The molecule has 1 heterocycles. The molecule has 1 amide bonds. The number of anilines is 1. The Kier molecular flexibility index (Phi) is 5.90. The number of carbonyl (C=O) groups excluding carboxylic acids is 1. The standard InChI is InChI=1S/C16H19FN2OS/c1-2-6-14(15-9-5-10-21-15)18-11-16(20)19-13-8-4-3-7-12(13)17/h3-5,7-10,14,18H,2,6,11H2,1H3,(H,19,20). The van der Waals surface area contributed by atoms with Gasteiger partial charge < -0.3 is 10.6 Å². The Labute approximate surface area is 128 Å². The van der Waals surface area contributed by atoms with E-state index in [2.05, 4.69) is 23.6 Å². The summed E-state index contributed by atoms with van der Waals surface area (Å²) in [4.78, 5) is 13.1. The van der Waals surface area contributed by atoms with E-state index in [1.165, 1.54) is 10.9 Å². The zero-order valence-electron chi connectivity index (χ0n) is 11.9. The van der Waals surface area contributed by atoms with Gasteiger partial charge in [-0.15, -0.1) is 11.3 Å². The maximum atomic E-state index is 13.5. The minimum absolute atomic E-state index is 0.164. The first-order chi connectivity index (χ1) is 10.2. The number of hydrogen-bond donors (Lipinski definition) is 2. The Bertz CT molecular complexity index is 571. The van der Waals surface area contributed by atoms with Gasteiger partial charge in [0.1, 0.15) is 5.82 Å². The molecule has 112 valence electrons. The second kappa shape index (κ2) is 7.90. The Morgan fingerprint density at radius 3 is 2.76 bits per heavy atom. The number of nitrogens with one attached hydrogen (secondary N) is 2. The average Bonchev–Trinajstić information content (AvgIpc) is 3.00. The molecule has 1 unspecified atom stereocenters. The lowest BCUT2D eigenvalue weighted by molar-refractivity contribution is -0.115. The molecule has 2 aromatic rings. The number of hydrogen-bond acceptors (Lipinski definition) is 3. The van der Waals surface area contributed by atoms with Gasteiger partial charge in [0.2, 0.25) is 5.91 Å². The van der Waals surface area contributed by atoms with Crippen LogP contribution in [0.3, 0.4) is 0 Å². The summed E-state index contributed by atoms with van der Waals surface area (Å²) in [7, 11) is 0. The van der Waals surface area contributed by atoms with Gasteiger partial charge in [0, 0.05) is 10.9 Å². The van der Waals surface area contributed by atoms with Crippen LogP contribution in [0.4, 0.5) is 10.1 Å². The van der Waals surface area contributed by atoms with Crippen LogP contribution in [0.25, 0.3) is 0 Å². The molecular formula is C16H19FN2OS. The molecule has 2 rings (SSSR count). The van der Waals surface area contributed by atoms with E-state index in [1.807, 2.05) is 11.4 Å². The fraction of sp³-hybridized carbons (Fsp3) is 0.312. The third kappa shape index (κ3) is 4.65. The molecule has 0 aliphatic heterocycles. The number of rotatable bonds is 7. The molecule has 5 heteroatoms. The van der Waals surface area contributed by atoms with Gasteiger partial charge >= 0.3 is 0 Å². The number of para-hydroxylation sites is 1. The van der Waals surface area contributed by atoms with Crippen LogP contribution in [0.5, 0.6) is 0 Å². The molecule has 0 saturated carbocycles. The van der Waals surface area contributed by atoms with Gasteiger partial charge in [0.25, 0.3) is 0 Å². The molecule has 0 spiro atoms. The van der Waals surface area contributed by atoms with E-state index < -0.39 is 5.82 Å². The van der Waals surface area contributed by atoms with Crippen molar-refractivity contribution in [2.75, 3.05) is 11.9 Å². The van der Waals surface area contributed by atoms with Crippen LogP contribution < -0.4 is 10.6 Å². The van der Waals surface area contributed by atoms with Gasteiger partial charge in [0.15, 0.2) is 0 Å². The van der Waals surface area contributed by atoms with Crippen molar-refractivity contribution in [2.45, 2.75) is 25.8 Å². The van der Waals surface area contributed by atoms with E-state index in [-0.39, 0.29) is 24.2 Å². The fourth-order valence-corrected chi connectivity index (χ4v) is 2.93. The fourth-order valence-electron chi connectivity index (χ4n) is 2.10. The van der Waals surface area contributed by atoms with Gasteiger partial charge in [-0.3, -0.25) is 4.79 Å². The van der Waals surface area contributed by atoms with Crippen LogP contribution >= 0.6 is 11.3 Å². The van der Waals surface area contributed by atoms with Crippen LogP contribution in [0.1, 0.15) is 30.7 Å². The van der Waals surface area contributed by atoms with Crippen LogP contribution in [0.2, 0.25) is 0 Å². The third-order valence-electron chi connectivity index (χ3n) is 3.12. The minimum Gasteiger partial charge on any atom is -0.322 e. The second-order valence-electron chi connectivity index (χ2n) is 4.77. The molecule has 0 saturated heterocycles. The number of benzene rings is 1. The highest BCUT2D eigenvalue weighted by atomic mass is 32.1. The summed E-state index contributed by atoms with van der Waals surface area (Å²) in [5, 5.41) is 7.85. The van der Waals surface area contributed by atoms with Gasteiger partial charge in [-0.25, -0.2) is 4.39 Å².